The first-order chi connectivity index (χ1) is 14.6. The van der Waals surface area contributed by atoms with E-state index in [0.29, 0.717) is 30.0 Å². The Morgan fingerprint density at radius 2 is 1.94 bits per heavy atom. The van der Waals surface area contributed by atoms with Crippen molar-refractivity contribution in [2.24, 2.45) is 0 Å². The predicted molar refractivity (Wildman–Crippen MR) is 121 cm³/mol. The second kappa shape index (κ2) is 8.78. The number of anilines is 1. The molecule has 0 spiro atoms. The van der Waals surface area contributed by atoms with Gasteiger partial charge >= 0.3 is 0 Å². The molecule has 0 fully saturated rings. The Morgan fingerprint density at radius 1 is 1.26 bits per heavy atom. The Hall–Kier alpha value is -2.74. The van der Waals surface area contributed by atoms with Crippen molar-refractivity contribution in [3.8, 4) is 11.5 Å². The van der Waals surface area contributed by atoms with Gasteiger partial charge in [-0.1, -0.05) is 25.1 Å². The van der Waals surface area contributed by atoms with Gasteiger partial charge in [-0.15, -0.1) is 0 Å². The average molecular weight is 447 g/mol. The lowest BCUT2D eigenvalue weighted by Gasteiger charge is -2.39. The van der Waals surface area contributed by atoms with E-state index in [1.54, 1.807) is 44.4 Å². The van der Waals surface area contributed by atoms with Crippen LogP contribution in [0.5, 0.6) is 11.5 Å². The van der Waals surface area contributed by atoms with Crippen LogP contribution >= 0.6 is 0 Å². The summed E-state index contributed by atoms with van der Waals surface area (Å²) < 4.78 is 37.9. The third-order valence-corrected chi connectivity index (χ3v) is 6.51. The summed E-state index contributed by atoms with van der Waals surface area (Å²) in [6.45, 7) is 5.73. The molecule has 2 aromatic carbocycles. The second-order valence-electron chi connectivity index (χ2n) is 8.35. The molecule has 1 aliphatic rings. The Balaban J connectivity index is 1.95. The highest BCUT2D eigenvalue weighted by molar-refractivity contribution is 7.92. The lowest BCUT2D eigenvalue weighted by molar-refractivity contribution is -0.123. The largest absolute Gasteiger partial charge is 0.497 e. The SMILES string of the molecule is CC[C@@H](C(=O)N[C@H]1CC(C)(C)Oc2ccc(OC)cc21)N(c1ccccc1)S(C)(=O)=O. The summed E-state index contributed by atoms with van der Waals surface area (Å²) in [5, 5.41) is 3.07. The molecule has 2 aromatic rings. The Bertz CT molecular complexity index is 1040. The van der Waals surface area contributed by atoms with E-state index in [9.17, 15) is 13.2 Å². The third-order valence-electron chi connectivity index (χ3n) is 5.33. The summed E-state index contributed by atoms with van der Waals surface area (Å²) >= 11 is 0. The predicted octanol–water partition coefficient (Wildman–Crippen LogP) is 3.66. The molecule has 0 unspecified atom stereocenters. The number of nitrogens with one attached hydrogen (secondary N) is 1. The monoisotopic (exact) mass is 446 g/mol. The Labute approximate surface area is 184 Å². The molecule has 8 heteroatoms. The van der Waals surface area contributed by atoms with Crippen LogP contribution in [0.25, 0.3) is 0 Å². The van der Waals surface area contributed by atoms with Crippen LogP contribution in [-0.2, 0) is 14.8 Å². The van der Waals surface area contributed by atoms with Crippen molar-refractivity contribution in [1.29, 1.82) is 0 Å². The average Bonchev–Trinajstić information content (AvgIpc) is 2.70. The van der Waals surface area contributed by atoms with Gasteiger partial charge in [0.2, 0.25) is 15.9 Å². The minimum absolute atomic E-state index is 0.325. The first-order valence-electron chi connectivity index (χ1n) is 10.3. The van der Waals surface area contributed by atoms with Crippen molar-refractivity contribution in [3.63, 3.8) is 0 Å². The highest BCUT2D eigenvalue weighted by Crippen LogP contribution is 2.41. The molecular weight excluding hydrogens is 416 g/mol. The Morgan fingerprint density at radius 3 is 2.52 bits per heavy atom. The number of sulfonamides is 1. The van der Waals surface area contributed by atoms with Gasteiger partial charge in [0, 0.05) is 12.0 Å². The summed E-state index contributed by atoms with van der Waals surface area (Å²) in [6.07, 6.45) is 1.98. The van der Waals surface area contributed by atoms with Crippen LogP contribution in [0.2, 0.25) is 0 Å². The van der Waals surface area contributed by atoms with Gasteiger partial charge in [0.25, 0.3) is 0 Å². The number of amides is 1. The smallest absolute Gasteiger partial charge is 0.244 e. The van der Waals surface area contributed by atoms with Gasteiger partial charge in [0.15, 0.2) is 0 Å². The van der Waals surface area contributed by atoms with Crippen molar-refractivity contribution in [1.82, 2.24) is 5.32 Å². The number of methoxy groups -OCH3 is 1. The van der Waals surface area contributed by atoms with E-state index in [1.807, 2.05) is 32.0 Å². The molecule has 31 heavy (non-hydrogen) atoms. The number of hydrogen-bond acceptors (Lipinski definition) is 5. The maximum atomic E-state index is 13.4. The molecule has 0 aliphatic carbocycles. The zero-order valence-electron chi connectivity index (χ0n) is 18.6. The maximum absolute atomic E-state index is 13.4. The van der Waals surface area contributed by atoms with E-state index < -0.39 is 21.7 Å². The van der Waals surface area contributed by atoms with Crippen LogP contribution in [0.1, 0.15) is 45.2 Å². The zero-order valence-corrected chi connectivity index (χ0v) is 19.4. The van der Waals surface area contributed by atoms with E-state index in [2.05, 4.69) is 5.32 Å². The number of ether oxygens (including phenoxy) is 2. The highest BCUT2D eigenvalue weighted by Gasteiger charge is 2.38. The van der Waals surface area contributed by atoms with Crippen LogP contribution in [0.15, 0.2) is 48.5 Å². The van der Waals surface area contributed by atoms with Crippen molar-refractivity contribution < 1.29 is 22.7 Å². The molecule has 0 saturated carbocycles. The van der Waals surface area contributed by atoms with Gasteiger partial charge in [-0.25, -0.2) is 8.42 Å². The third kappa shape index (κ3) is 5.12. The normalized spacial score (nSPS) is 18.3. The van der Waals surface area contributed by atoms with E-state index in [-0.39, 0.29) is 11.9 Å². The Kier molecular flexibility index (Phi) is 6.50. The van der Waals surface area contributed by atoms with E-state index in [0.717, 1.165) is 11.8 Å². The highest BCUT2D eigenvalue weighted by atomic mass is 32.2. The number of fused-ring (bicyclic) bond motifs is 1. The number of rotatable bonds is 7. The van der Waals surface area contributed by atoms with Crippen LogP contribution in [0, 0.1) is 0 Å². The number of carbonyl (C=O) groups is 1. The number of carbonyl (C=O) groups excluding carboxylic acids is 1. The molecule has 0 radical (unpaired) electrons. The molecule has 0 saturated heterocycles. The molecule has 3 rings (SSSR count). The molecule has 0 bridgehead atoms. The lowest BCUT2D eigenvalue weighted by atomic mass is 9.89. The minimum atomic E-state index is -3.68. The lowest BCUT2D eigenvalue weighted by Crippen LogP contribution is -2.51. The van der Waals surface area contributed by atoms with E-state index >= 15 is 0 Å². The summed E-state index contributed by atoms with van der Waals surface area (Å²) in [4.78, 5) is 13.4. The quantitative estimate of drug-likeness (QED) is 0.702. The topological polar surface area (TPSA) is 84.9 Å². The van der Waals surface area contributed by atoms with Crippen LogP contribution in [-0.4, -0.2) is 39.3 Å². The fourth-order valence-electron chi connectivity index (χ4n) is 3.99. The number of para-hydroxylation sites is 1. The summed E-state index contributed by atoms with van der Waals surface area (Å²) in [6, 6.07) is 13.0. The van der Waals surface area contributed by atoms with E-state index in [1.165, 1.54) is 4.31 Å². The fraction of sp³-hybridized carbons (Fsp3) is 0.435. The summed E-state index contributed by atoms with van der Waals surface area (Å²) in [5.41, 5.74) is 0.783. The van der Waals surface area contributed by atoms with Gasteiger partial charge in [-0.05, 0) is 50.6 Å². The van der Waals surface area contributed by atoms with Crippen LogP contribution < -0.4 is 19.1 Å². The molecule has 168 valence electrons. The van der Waals surface area contributed by atoms with E-state index in [4.69, 9.17) is 9.47 Å². The van der Waals surface area contributed by atoms with Gasteiger partial charge in [-0.3, -0.25) is 9.10 Å². The number of nitrogens with zero attached hydrogens (tertiary/aromatic N) is 1. The molecule has 1 amide bonds. The fourth-order valence-corrected chi connectivity index (χ4v) is 5.20. The van der Waals surface area contributed by atoms with Gasteiger partial charge in [-0.2, -0.15) is 0 Å². The van der Waals surface area contributed by atoms with Crippen molar-refractivity contribution >= 4 is 21.6 Å². The van der Waals surface area contributed by atoms with Gasteiger partial charge < -0.3 is 14.8 Å². The van der Waals surface area contributed by atoms with Crippen LogP contribution in [0.3, 0.4) is 0 Å². The number of hydrogen-bond donors (Lipinski definition) is 1. The van der Waals surface area contributed by atoms with Crippen LogP contribution in [0.4, 0.5) is 5.69 Å². The molecule has 2 atom stereocenters. The molecule has 1 N–H and O–H groups in total. The minimum Gasteiger partial charge on any atom is -0.497 e. The van der Waals surface area contributed by atoms with Crippen molar-refractivity contribution in [3.05, 3.63) is 54.1 Å². The molecule has 0 aromatic heterocycles. The standard InChI is InChI=1S/C23H30N2O5S/c1-6-20(25(31(5,27)28)16-10-8-7-9-11-16)22(26)24-19-15-23(2,3)30-21-13-12-17(29-4)14-18(19)21/h7-14,19-20H,6,15H2,1-5H3,(H,24,26)/t19-,20-/m0/s1. The summed E-state index contributed by atoms with van der Waals surface area (Å²) in [5.74, 6) is 0.988. The van der Waals surface area contributed by atoms with Gasteiger partial charge in [0.05, 0.1) is 25.1 Å². The molecule has 7 nitrogen and oxygen atoms in total. The maximum Gasteiger partial charge on any atom is 0.244 e. The van der Waals surface area contributed by atoms with Crippen molar-refractivity contribution in [2.75, 3.05) is 17.7 Å². The molecular formula is C23H30N2O5S. The zero-order chi connectivity index (χ0) is 22.8. The molecule has 1 heterocycles. The first kappa shape index (κ1) is 22.9. The van der Waals surface area contributed by atoms with Crippen molar-refractivity contribution in [2.45, 2.75) is 51.3 Å². The summed E-state index contributed by atoms with van der Waals surface area (Å²) in [7, 11) is -2.10. The first-order valence-corrected chi connectivity index (χ1v) is 12.1. The van der Waals surface area contributed by atoms with Gasteiger partial charge in [0.1, 0.15) is 23.1 Å². The number of benzene rings is 2. The second-order valence-corrected chi connectivity index (χ2v) is 10.2. The molecule has 1 aliphatic heterocycles.